The van der Waals surface area contributed by atoms with Crippen molar-refractivity contribution < 1.29 is 13.2 Å². The molecule has 0 saturated heterocycles. The number of thiophene rings is 1. The number of aromatic nitrogens is 5. The summed E-state index contributed by atoms with van der Waals surface area (Å²) in [5.41, 5.74) is 0.227. The summed E-state index contributed by atoms with van der Waals surface area (Å²) in [6.07, 6.45) is -0.224. The van der Waals surface area contributed by atoms with Crippen LogP contribution in [0.3, 0.4) is 0 Å². The standard InChI is InChI=1S/C21H18F3N5S/c1-14-5-6-15(12-17(14)21(22,23)24)7-8-18-27-28-20(19-25-9-3-10-26-19)29(18)13-16-4-2-11-30-16/h2-6,9-12H,7-8,13H2,1H3. The summed E-state index contributed by atoms with van der Waals surface area (Å²) in [6.45, 7) is 2.02. The van der Waals surface area contributed by atoms with Crippen LogP contribution in [-0.2, 0) is 25.6 Å². The SMILES string of the molecule is Cc1ccc(CCc2nnc(-c3ncccn3)n2Cc2cccs2)cc1C(F)(F)F. The molecule has 0 aliphatic carbocycles. The minimum absolute atomic E-state index is 0.218. The predicted octanol–water partition coefficient (Wildman–Crippen LogP) is 4.96. The molecule has 9 heteroatoms. The molecule has 154 valence electrons. The van der Waals surface area contributed by atoms with Crippen molar-refractivity contribution in [3.63, 3.8) is 0 Å². The van der Waals surface area contributed by atoms with Crippen molar-refractivity contribution >= 4 is 11.3 Å². The van der Waals surface area contributed by atoms with E-state index < -0.39 is 11.7 Å². The Morgan fingerprint density at radius 3 is 2.50 bits per heavy atom. The number of hydrogen-bond acceptors (Lipinski definition) is 5. The third kappa shape index (κ3) is 4.40. The van der Waals surface area contributed by atoms with E-state index in [1.807, 2.05) is 22.1 Å². The number of benzene rings is 1. The smallest absolute Gasteiger partial charge is 0.303 e. The molecule has 0 radical (unpaired) electrons. The summed E-state index contributed by atoms with van der Waals surface area (Å²) in [4.78, 5) is 9.64. The number of aryl methyl sites for hydroxylation is 3. The van der Waals surface area contributed by atoms with Crippen LogP contribution >= 0.6 is 11.3 Å². The summed E-state index contributed by atoms with van der Waals surface area (Å²) >= 11 is 1.61. The summed E-state index contributed by atoms with van der Waals surface area (Å²) in [5.74, 6) is 1.68. The molecule has 0 unspecified atom stereocenters. The molecule has 0 bridgehead atoms. The first kappa shape index (κ1) is 20.2. The highest BCUT2D eigenvalue weighted by Gasteiger charge is 2.32. The maximum absolute atomic E-state index is 13.2. The second kappa shape index (κ2) is 8.35. The van der Waals surface area contributed by atoms with E-state index in [-0.39, 0.29) is 5.56 Å². The molecule has 3 heterocycles. The van der Waals surface area contributed by atoms with Gasteiger partial charge in [0, 0.05) is 23.7 Å². The molecule has 4 rings (SSSR count). The van der Waals surface area contributed by atoms with Gasteiger partial charge in [0.1, 0.15) is 5.82 Å². The van der Waals surface area contributed by atoms with Crippen molar-refractivity contribution in [2.75, 3.05) is 0 Å². The molecule has 0 N–H and O–H groups in total. The van der Waals surface area contributed by atoms with E-state index in [0.717, 1.165) is 4.88 Å². The lowest BCUT2D eigenvalue weighted by molar-refractivity contribution is -0.138. The van der Waals surface area contributed by atoms with Crippen molar-refractivity contribution in [1.29, 1.82) is 0 Å². The normalized spacial score (nSPS) is 11.7. The van der Waals surface area contributed by atoms with E-state index in [4.69, 9.17) is 0 Å². The molecule has 4 aromatic rings. The number of nitrogens with zero attached hydrogens (tertiary/aromatic N) is 5. The highest BCUT2D eigenvalue weighted by Crippen LogP contribution is 2.32. The minimum atomic E-state index is -4.36. The number of alkyl halides is 3. The summed E-state index contributed by atoms with van der Waals surface area (Å²) in [6, 6.07) is 10.2. The Morgan fingerprint density at radius 1 is 1.00 bits per heavy atom. The Morgan fingerprint density at radius 2 is 1.80 bits per heavy atom. The lowest BCUT2D eigenvalue weighted by Crippen LogP contribution is -2.10. The topological polar surface area (TPSA) is 56.5 Å². The van der Waals surface area contributed by atoms with E-state index >= 15 is 0 Å². The lowest BCUT2D eigenvalue weighted by Gasteiger charge is -2.12. The zero-order valence-electron chi connectivity index (χ0n) is 16.1. The molecule has 0 amide bonds. The molecule has 0 atom stereocenters. The van der Waals surface area contributed by atoms with Gasteiger partial charge in [0.15, 0.2) is 5.82 Å². The quantitative estimate of drug-likeness (QED) is 0.435. The molecule has 0 saturated carbocycles. The van der Waals surface area contributed by atoms with Crippen molar-refractivity contribution in [2.24, 2.45) is 0 Å². The predicted molar refractivity (Wildman–Crippen MR) is 108 cm³/mol. The fourth-order valence-corrected chi connectivity index (χ4v) is 3.90. The van der Waals surface area contributed by atoms with Gasteiger partial charge in [-0.05, 0) is 48.1 Å². The molecule has 0 spiro atoms. The molecular formula is C21H18F3N5S. The number of hydrogen-bond donors (Lipinski definition) is 0. The zero-order chi connectivity index (χ0) is 21.1. The molecule has 0 aliphatic rings. The van der Waals surface area contributed by atoms with Gasteiger partial charge in [-0.25, -0.2) is 9.97 Å². The van der Waals surface area contributed by atoms with E-state index in [1.54, 1.807) is 35.9 Å². The third-order valence-corrected chi connectivity index (χ3v) is 5.59. The van der Waals surface area contributed by atoms with Crippen molar-refractivity contribution in [3.05, 3.63) is 81.6 Å². The van der Waals surface area contributed by atoms with Crippen LogP contribution in [0.1, 0.15) is 27.4 Å². The van der Waals surface area contributed by atoms with E-state index in [0.29, 0.717) is 42.4 Å². The van der Waals surface area contributed by atoms with Gasteiger partial charge in [-0.15, -0.1) is 21.5 Å². The van der Waals surface area contributed by atoms with Gasteiger partial charge in [0.25, 0.3) is 0 Å². The van der Waals surface area contributed by atoms with Crippen molar-refractivity contribution in [2.45, 2.75) is 32.5 Å². The van der Waals surface area contributed by atoms with Crippen LogP contribution in [0.4, 0.5) is 13.2 Å². The van der Waals surface area contributed by atoms with Crippen LogP contribution in [0.2, 0.25) is 0 Å². The van der Waals surface area contributed by atoms with E-state index in [9.17, 15) is 13.2 Å². The number of halogens is 3. The molecule has 1 aromatic carbocycles. The third-order valence-electron chi connectivity index (χ3n) is 4.73. The van der Waals surface area contributed by atoms with E-state index in [2.05, 4.69) is 20.2 Å². The minimum Gasteiger partial charge on any atom is -0.303 e. The van der Waals surface area contributed by atoms with Gasteiger partial charge < -0.3 is 4.57 Å². The molecular weight excluding hydrogens is 411 g/mol. The maximum atomic E-state index is 13.2. The summed E-state index contributed by atoms with van der Waals surface area (Å²) in [5, 5.41) is 10.5. The van der Waals surface area contributed by atoms with Gasteiger partial charge in [0.2, 0.25) is 5.82 Å². The van der Waals surface area contributed by atoms with Crippen LogP contribution in [-0.4, -0.2) is 24.7 Å². The first-order valence-electron chi connectivity index (χ1n) is 9.30. The molecule has 30 heavy (non-hydrogen) atoms. The summed E-state index contributed by atoms with van der Waals surface area (Å²) in [7, 11) is 0. The van der Waals surface area contributed by atoms with E-state index in [1.165, 1.54) is 19.1 Å². The zero-order valence-corrected chi connectivity index (χ0v) is 16.9. The van der Waals surface area contributed by atoms with Crippen LogP contribution < -0.4 is 0 Å². The number of rotatable bonds is 6. The Hall–Kier alpha value is -3.07. The fourth-order valence-electron chi connectivity index (χ4n) is 3.21. The highest BCUT2D eigenvalue weighted by atomic mass is 32.1. The highest BCUT2D eigenvalue weighted by molar-refractivity contribution is 7.09. The second-order valence-electron chi connectivity index (χ2n) is 6.82. The maximum Gasteiger partial charge on any atom is 0.416 e. The Bertz CT molecular complexity index is 1120. The first-order chi connectivity index (χ1) is 14.4. The van der Waals surface area contributed by atoms with Gasteiger partial charge >= 0.3 is 6.18 Å². The van der Waals surface area contributed by atoms with Crippen LogP contribution in [0, 0.1) is 6.92 Å². The van der Waals surface area contributed by atoms with Crippen LogP contribution in [0.5, 0.6) is 0 Å². The first-order valence-corrected chi connectivity index (χ1v) is 10.2. The molecule has 0 aliphatic heterocycles. The van der Waals surface area contributed by atoms with Gasteiger partial charge in [0.05, 0.1) is 12.1 Å². The van der Waals surface area contributed by atoms with Gasteiger partial charge in [-0.3, -0.25) is 0 Å². The summed E-state index contributed by atoms with van der Waals surface area (Å²) < 4.78 is 41.6. The fraction of sp³-hybridized carbons (Fsp3) is 0.238. The Kier molecular flexibility index (Phi) is 5.63. The lowest BCUT2D eigenvalue weighted by atomic mass is 10.0. The molecule has 0 fully saturated rings. The van der Waals surface area contributed by atoms with Crippen molar-refractivity contribution in [3.8, 4) is 11.6 Å². The monoisotopic (exact) mass is 429 g/mol. The molecule has 3 aromatic heterocycles. The average molecular weight is 429 g/mol. The van der Waals surface area contributed by atoms with Crippen LogP contribution in [0.25, 0.3) is 11.6 Å². The Labute approximate surface area is 175 Å². The van der Waals surface area contributed by atoms with Gasteiger partial charge in [-0.1, -0.05) is 18.2 Å². The average Bonchev–Trinajstić information content (AvgIpc) is 3.38. The van der Waals surface area contributed by atoms with Crippen molar-refractivity contribution in [1.82, 2.24) is 24.7 Å². The Balaban J connectivity index is 1.62. The molecule has 5 nitrogen and oxygen atoms in total. The largest absolute Gasteiger partial charge is 0.416 e. The van der Waals surface area contributed by atoms with Crippen LogP contribution in [0.15, 0.2) is 54.2 Å². The second-order valence-corrected chi connectivity index (χ2v) is 7.86. The van der Waals surface area contributed by atoms with Gasteiger partial charge in [-0.2, -0.15) is 13.2 Å².